The summed E-state index contributed by atoms with van der Waals surface area (Å²) in [6.45, 7) is 5.86. The molecule has 0 saturated heterocycles. The molecule has 2 atom stereocenters. The van der Waals surface area contributed by atoms with Gasteiger partial charge in [-0.3, -0.25) is 0 Å². The van der Waals surface area contributed by atoms with Crippen LogP contribution in [0, 0.1) is 16.7 Å². The second-order valence-corrected chi connectivity index (χ2v) is 7.02. The van der Waals surface area contributed by atoms with Crippen LogP contribution in [0.5, 0.6) is 0 Å². The first kappa shape index (κ1) is 13.5. The Balaban J connectivity index is 2.78. The Morgan fingerprint density at radius 1 is 1.56 bits per heavy atom. The summed E-state index contributed by atoms with van der Waals surface area (Å²) < 4.78 is 26.5. The summed E-state index contributed by atoms with van der Waals surface area (Å²) in [5.74, 6) is 0. The van der Waals surface area contributed by atoms with Crippen LogP contribution in [0.25, 0.3) is 0 Å². The third kappa shape index (κ3) is 2.74. The van der Waals surface area contributed by atoms with Crippen LogP contribution in [-0.2, 0) is 10.0 Å². The number of nitriles is 1. The van der Waals surface area contributed by atoms with E-state index >= 15 is 0 Å². The minimum Gasteiger partial charge on any atom is -0.211 e. The molecule has 4 nitrogen and oxygen atoms in total. The van der Waals surface area contributed by atoms with Gasteiger partial charge in [0.15, 0.2) is 5.25 Å². The molecular formula is C11H20N2O2S. The molecule has 0 aromatic carbocycles. The first-order valence-corrected chi connectivity index (χ1v) is 7.29. The predicted octanol–water partition coefficient (Wildman–Crippen LogP) is 1.79. The maximum Gasteiger partial charge on any atom is 0.228 e. The Morgan fingerprint density at radius 3 is 2.56 bits per heavy atom. The smallest absolute Gasteiger partial charge is 0.211 e. The first-order valence-electron chi connectivity index (χ1n) is 5.74. The number of hydrogen-bond donors (Lipinski definition) is 1. The van der Waals surface area contributed by atoms with Crippen LogP contribution in [-0.4, -0.2) is 19.7 Å². The van der Waals surface area contributed by atoms with E-state index in [1.807, 2.05) is 6.07 Å². The molecule has 0 aromatic rings. The van der Waals surface area contributed by atoms with Crippen molar-refractivity contribution < 1.29 is 8.42 Å². The molecule has 5 heteroatoms. The van der Waals surface area contributed by atoms with E-state index in [2.05, 4.69) is 18.6 Å². The van der Waals surface area contributed by atoms with Gasteiger partial charge in [-0.1, -0.05) is 27.2 Å². The largest absolute Gasteiger partial charge is 0.228 e. The number of sulfonamides is 1. The summed E-state index contributed by atoms with van der Waals surface area (Å²) in [4.78, 5) is 0. The fourth-order valence-corrected chi connectivity index (χ4v) is 3.78. The predicted molar refractivity (Wildman–Crippen MR) is 63.2 cm³/mol. The average Bonchev–Trinajstić information content (AvgIpc) is 2.46. The van der Waals surface area contributed by atoms with Crippen molar-refractivity contribution in [2.45, 2.75) is 57.7 Å². The molecule has 1 fully saturated rings. The van der Waals surface area contributed by atoms with Crippen LogP contribution >= 0.6 is 0 Å². The Bertz CT molecular complexity index is 381. The van der Waals surface area contributed by atoms with Gasteiger partial charge < -0.3 is 0 Å². The molecule has 1 aliphatic rings. The quantitative estimate of drug-likeness (QED) is 0.819. The van der Waals surface area contributed by atoms with Gasteiger partial charge in [-0.15, -0.1) is 0 Å². The minimum absolute atomic E-state index is 0.000811. The summed E-state index contributed by atoms with van der Waals surface area (Å²) >= 11 is 0. The van der Waals surface area contributed by atoms with Crippen molar-refractivity contribution in [3.05, 3.63) is 0 Å². The minimum atomic E-state index is -3.49. The lowest BCUT2D eigenvalue weighted by atomic mass is 9.88. The van der Waals surface area contributed by atoms with E-state index in [0.29, 0.717) is 6.42 Å². The van der Waals surface area contributed by atoms with Crippen LogP contribution in [0.15, 0.2) is 0 Å². The lowest BCUT2D eigenvalue weighted by Crippen LogP contribution is -2.45. The van der Waals surface area contributed by atoms with Gasteiger partial charge in [0.1, 0.15) is 0 Å². The molecule has 0 bridgehead atoms. The number of rotatable bonds is 4. The van der Waals surface area contributed by atoms with E-state index in [1.54, 1.807) is 6.92 Å². The van der Waals surface area contributed by atoms with Gasteiger partial charge in [-0.25, -0.2) is 13.1 Å². The van der Waals surface area contributed by atoms with Gasteiger partial charge in [0.25, 0.3) is 0 Å². The van der Waals surface area contributed by atoms with Gasteiger partial charge in [0, 0.05) is 6.04 Å². The average molecular weight is 244 g/mol. The molecular weight excluding hydrogens is 224 g/mol. The summed E-state index contributed by atoms with van der Waals surface area (Å²) in [6.07, 6.45) is 3.28. The van der Waals surface area contributed by atoms with Crippen molar-refractivity contribution >= 4 is 10.0 Å². The Hall–Kier alpha value is -0.600. The molecule has 0 aliphatic heterocycles. The zero-order valence-corrected chi connectivity index (χ0v) is 11.0. The molecule has 1 N–H and O–H groups in total. The standard InChI is InChI=1S/C11H20N2O2S/c1-4-9(8-12)16(14,15)13-10-6-5-7-11(10,2)3/h9-10,13H,4-7H2,1-3H3. The molecule has 0 spiro atoms. The van der Waals surface area contributed by atoms with E-state index in [9.17, 15) is 8.42 Å². The highest BCUT2D eigenvalue weighted by Crippen LogP contribution is 2.37. The molecule has 0 aromatic heterocycles. The van der Waals surface area contributed by atoms with Gasteiger partial charge >= 0.3 is 0 Å². The summed E-state index contributed by atoms with van der Waals surface area (Å²) in [5.41, 5.74) is 0.000811. The van der Waals surface area contributed by atoms with Crippen molar-refractivity contribution in [1.82, 2.24) is 4.72 Å². The molecule has 0 heterocycles. The molecule has 1 saturated carbocycles. The summed E-state index contributed by atoms with van der Waals surface area (Å²) in [5, 5.41) is 7.87. The van der Waals surface area contributed by atoms with Crippen LogP contribution in [0.2, 0.25) is 0 Å². The summed E-state index contributed by atoms with van der Waals surface area (Å²) in [7, 11) is -3.49. The van der Waals surface area contributed by atoms with Crippen molar-refractivity contribution in [2.75, 3.05) is 0 Å². The zero-order valence-electron chi connectivity index (χ0n) is 10.2. The van der Waals surface area contributed by atoms with Crippen molar-refractivity contribution in [2.24, 2.45) is 5.41 Å². The highest BCUT2D eigenvalue weighted by atomic mass is 32.2. The van der Waals surface area contributed by atoms with Crippen LogP contribution < -0.4 is 4.72 Å². The molecule has 16 heavy (non-hydrogen) atoms. The fraction of sp³-hybridized carbons (Fsp3) is 0.909. The van der Waals surface area contributed by atoms with Crippen LogP contribution in [0.1, 0.15) is 46.5 Å². The van der Waals surface area contributed by atoms with Crippen molar-refractivity contribution in [3.8, 4) is 6.07 Å². The maximum atomic E-state index is 11.9. The number of hydrogen-bond acceptors (Lipinski definition) is 3. The molecule has 0 radical (unpaired) electrons. The van der Waals surface area contributed by atoms with Crippen molar-refractivity contribution in [1.29, 1.82) is 5.26 Å². The monoisotopic (exact) mass is 244 g/mol. The molecule has 1 rings (SSSR count). The highest BCUT2D eigenvalue weighted by molar-refractivity contribution is 7.90. The van der Waals surface area contributed by atoms with Gasteiger partial charge in [-0.2, -0.15) is 5.26 Å². The van der Waals surface area contributed by atoms with Gasteiger partial charge in [0.05, 0.1) is 6.07 Å². The Morgan fingerprint density at radius 2 is 2.19 bits per heavy atom. The van der Waals surface area contributed by atoms with Crippen LogP contribution in [0.3, 0.4) is 0 Å². The number of nitrogens with zero attached hydrogens (tertiary/aromatic N) is 1. The SMILES string of the molecule is CCC(C#N)S(=O)(=O)NC1CCCC1(C)C. The van der Waals surface area contributed by atoms with E-state index in [4.69, 9.17) is 5.26 Å². The van der Waals surface area contributed by atoms with Crippen molar-refractivity contribution in [3.63, 3.8) is 0 Å². The molecule has 1 aliphatic carbocycles. The normalized spacial score (nSPS) is 26.2. The Kier molecular flexibility index (Phi) is 3.97. The zero-order chi connectivity index (χ0) is 12.4. The lowest BCUT2D eigenvalue weighted by molar-refractivity contribution is 0.312. The van der Waals surface area contributed by atoms with E-state index < -0.39 is 15.3 Å². The molecule has 0 amide bonds. The molecule has 92 valence electrons. The highest BCUT2D eigenvalue weighted by Gasteiger charge is 2.38. The Labute approximate surface area is 98.1 Å². The topological polar surface area (TPSA) is 70.0 Å². The van der Waals surface area contributed by atoms with Crippen LogP contribution in [0.4, 0.5) is 0 Å². The lowest BCUT2D eigenvalue weighted by Gasteiger charge is -2.28. The molecule has 2 unspecified atom stereocenters. The first-order chi connectivity index (χ1) is 7.33. The van der Waals surface area contributed by atoms with E-state index in [0.717, 1.165) is 19.3 Å². The van der Waals surface area contributed by atoms with E-state index in [1.165, 1.54) is 0 Å². The second kappa shape index (κ2) is 4.72. The third-order valence-electron chi connectivity index (χ3n) is 3.45. The fourth-order valence-electron chi connectivity index (χ4n) is 2.21. The maximum absolute atomic E-state index is 11.9. The van der Waals surface area contributed by atoms with Gasteiger partial charge in [-0.05, 0) is 24.7 Å². The number of nitrogens with one attached hydrogen (secondary N) is 1. The third-order valence-corrected chi connectivity index (χ3v) is 5.25. The van der Waals surface area contributed by atoms with Gasteiger partial charge in [0.2, 0.25) is 10.0 Å². The summed E-state index contributed by atoms with van der Waals surface area (Å²) in [6, 6.07) is 1.81. The second-order valence-electron chi connectivity index (χ2n) is 5.12. The van der Waals surface area contributed by atoms with E-state index in [-0.39, 0.29) is 11.5 Å².